The molecule has 3 aromatic rings. The molecule has 1 N–H and O–H groups in total. The summed E-state index contributed by atoms with van der Waals surface area (Å²) in [6, 6.07) is 15.2. The molecule has 5 nitrogen and oxygen atoms in total. The van der Waals surface area contributed by atoms with Crippen LogP contribution in [0.15, 0.2) is 59.7 Å². The average Bonchev–Trinajstić information content (AvgIpc) is 2.71. The zero-order valence-corrected chi connectivity index (χ0v) is 18.3. The quantitative estimate of drug-likeness (QED) is 0.193. The smallest absolute Gasteiger partial charge is 0.345 e. The lowest BCUT2D eigenvalue weighted by atomic mass is 10.2. The second kappa shape index (κ2) is 9.85. The van der Waals surface area contributed by atoms with Crippen LogP contribution in [0.5, 0.6) is 11.5 Å². The highest BCUT2D eigenvalue weighted by atomic mass is 35.5. The Balaban J connectivity index is 1.72. The first-order chi connectivity index (χ1) is 14.4. The van der Waals surface area contributed by atoms with Crippen molar-refractivity contribution in [2.45, 2.75) is 6.92 Å². The van der Waals surface area contributed by atoms with Crippen LogP contribution in [0.4, 0.5) is 5.69 Å². The Kier molecular flexibility index (Phi) is 7.21. The van der Waals surface area contributed by atoms with Crippen LogP contribution in [-0.2, 0) is 0 Å². The molecule has 3 aromatic carbocycles. The molecule has 0 aromatic heterocycles. The number of rotatable bonds is 6. The van der Waals surface area contributed by atoms with Crippen molar-refractivity contribution >= 4 is 52.7 Å². The number of benzene rings is 3. The molecule has 0 fully saturated rings. The summed E-state index contributed by atoms with van der Waals surface area (Å²) in [5.74, 6) is 0.00834. The van der Waals surface area contributed by atoms with E-state index in [2.05, 4.69) is 10.5 Å². The fraction of sp³-hybridized carbons (Fsp3) is 0.0909. The van der Waals surface area contributed by atoms with Crippen LogP contribution in [0.1, 0.15) is 21.5 Å². The number of hydrogen-bond acceptors (Lipinski definition) is 5. The lowest BCUT2D eigenvalue weighted by Gasteiger charge is -2.11. The van der Waals surface area contributed by atoms with E-state index in [4.69, 9.17) is 44.3 Å². The van der Waals surface area contributed by atoms with Gasteiger partial charge in [-0.05, 0) is 66.6 Å². The fourth-order valence-electron chi connectivity index (χ4n) is 2.50. The fourth-order valence-corrected chi connectivity index (χ4v) is 3.17. The summed E-state index contributed by atoms with van der Waals surface area (Å²) < 4.78 is 10.8. The Morgan fingerprint density at radius 3 is 2.47 bits per heavy atom. The Bertz CT molecular complexity index is 1120. The number of aryl methyl sites for hydroxylation is 1. The summed E-state index contributed by atoms with van der Waals surface area (Å²) in [5, 5.41) is 5.48. The number of carbonyl (C=O) groups excluding carboxylic acids is 1. The first-order valence-corrected chi connectivity index (χ1v) is 9.91. The van der Waals surface area contributed by atoms with Crippen molar-refractivity contribution in [3.63, 3.8) is 0 Å². The van der Waals surface area contributed by atoms with Crippen molar-refractivity contribution < 1.29 is 14.3 Å². The predicted molar refractivity (Wildman–Crippen MR) is 122 cm³/mol. The molecule has 8 heteroatoms. The van der Waals surface area contributed by atoms with Gasteiger partial charge >= 0.3 is 5.97 Å². The number of nitrogens with zero attached hydrogens (tertiary/aromatic N) is 1. The molecule has 0 amide bonds. The van der Waals surface area contributed by atoms with E-state index < -0.39 is 5.97 Å². The summed E-state index contributed by atoms with van der Waals surface area (Å²) in [6.45, 7) is 1.93. The molecule has 154 valence electrons. The number of hydrazone groups is 1. The molecule has 0 spiro atoms. The van der Waals surface area contributed by atoms with E-state index in [-0.39, 0.29) is 16.3 Å². The Labute approximate surface area is 189 Å². The summed E-state index contributed by atoms with van der Waals surface area (Å²) in [5.41, 5.74) is 5.60. The monoisotopic (exact) mass is 462 g/mol. The number of carbonyl (C=O) groups is 1. The summed E-state index contributed by atoms with van der Waals surface area (Å²) >= 11 is 18.0. The van der Waals surface area contributed by atoms with Crippen LogP contribution in [0.3, 0.4) is 0 Å². The third-order valence-corrected chi connectivity index (χ3v) is 5.08. The minimum Gasteiger partial charge on any atom is -0.493 e. The summed E-state index contributed by atoms with van der Waals surface area (Å²) in [7, 11) is 1.48. The molecule has 0 saturated carbocycles. The van der Waals surface area contributed by atoms with Gasteiger partial charge in [-0.1, -0.05) is 40.9 Å². The molecule has 0 unspecified atom stereocenters. The third-order valence-electron chi connectivity index (χ3n) is 4.12. The molecule has 0 bridgehead atoms. The highest BCUT2D eigenvalue weighted by Gasteiger charge is 2.16. The molecular formula is C22H17Cl3N2O3. The number of methoxy groups -OCH3 is 1. The van der Waals surface area contributed by atoms with E-state index >= 15 is 0 Å². The SMILES string of the molecule is COc1cc(C=NNc2ccc(C)c(Cl)c2)ccc1OC(=O)c1ccc(Cl)cc1Cl. The second-order valence-electron chi connectivity index (χ2n) is 6.26. The topological polar surface area (TPSA) is 59.9 Å². The molecule has 0 saturated heterocycles. The molecule has 0 aliphatic heterocycles. The number of halogens is 3. The van der Waals surface area contributed by atoms with Gasteiger partial charge in [-0.3, -0.25) is 5.43 Å². The number of nitrogens with one attached hydrogen (secondary N) is 1. The molecule has 0 atom stereocenters. The zero-order chi connectivity index (χ0) is 21.7. The van der Waals surface area contributed by atoms with Gasteiger partial charge in [0.05, 0.1) is 29.6 Å². The average molecular weight is 464 g/mol. The van der Waals surface area contributed by atoms with Gasteiger partial charge in [0.2, 0.25) is 0 Å². The lowest BCUT2D eigenvalue weighted by molar-refractivity contribution is 0.0730. The first kappa shape index (κ1) is 22.0. The van der Waals surface area contributed by atoms with Gasteiger partial charge in [0.15, 0.2) is 11.5 Å². The van der Waals surface area contributed by atoms with Gasteiger partial charge in [0.1, 0.15) is 0 Å². The van der Waals surface area contributed by atoms with E-state index in [1.54, 1.807) is 36.5 Å². The van der Waals surface area contributed by atoms with Crippen molar-refractivity contribution in [1.29, 1.82) is 0 Å². The standard InChI is InChI=1S/C22H17Cl3N2O3/c1-13-3-6-16(11-18(13)24)27-26-12-14-4-8-20(21(9-14)29-2)30-22(28)17-7-5-15(23)10-19(17)25/h3-12,27H,1-2H3. The number of anilines is 1. The minimum absolute atomic E-state index is 0.203. The van der Waals surface area contributed by atoms with Crippen molar-refractivity contribution in [2.75, 3.05) is 12.5 Å². The normalized spacial score (nSPS) is 10.8. The van der Waals surface area contributed by atoms with Crippen LogP contribution in [-0.4, -0.2) is 19.3 Å². The highest BCUT2D eigenvalue weighted by Crippen LogP contribution is 2.30. The highest BCUT2D eigenvalue weighted by molar-refractivity contribution is 6.36. The van der Waals surface area contributed by atoms with Crippen molar-refractivity contribution in [2.24, 2.45) is 5.10 Å². The van der Waals surface area contributed by atoms with Gasteiger partial charge in [0.25, 0.3) is 0 Å². The maximum absolute atomic E-state index is 12.4. The van der Waals surface area contributed by atoms with Crippen LogP contribution in [0, 0.1) is 6.92 Å². The number of hydrogen-bond donors (Lipinski definition) is 1. The molecule has 0 aliphatic rings. The van der Waals surface area contributed by atoms with E-state index in [1.807, 2.05) is 19.1 Å². The third kappa shape index (κ3) is 5.45. The molecule has 0 aliphatic carbocycles. The Morgan fingerprint density at radius 2 is 1.77 bits per heavy atom. The van der Waals surface area contributed by atoms with E-state index in [0.717, 1.165) is 16.8 Å². The molecule has 0 radical (unpaired) electrons. The number of ether oxygens (including phenoxy) is 2. The largest absolute Gasteiger partial charge is 0.493 e. The summed E-state index contributed by atoms with van der Waals surface area (Å²) in [4.78, 5) is 12.4. The maximum Gasteiger partial charge on any atom is 0.345 e. The zero-order valence-electron chi connectivity index (χ0n) is 16.1. The molecule has 0 heterocycles. The summed E-state index contributed by atoms with van der Waals surface area (Å²) in [6.07, 6.45) is 1.61. The van der Waals surface area contributed by atoms with E-state index in [0.29, 0.717) is 15.8 Å². The second-order valence-corrected chi connectivity index (χ2v) is 7.51. The molecule has 3 rings (SSSR count). The van der Waals surface area contributed by atoms with Crippen LogP contribution in [0.25, 0.3) is 0 Å². The van der Waals surface area contributed by atoms with E-state index in [9.17, 15) is 4.79 Å². The van der Waals surface area contributed by atoms with Crippen molar-refractivity contribution in [3.8, 4) is 11.5 Å². The van der Waals surface area contributed by atoms with Crippen LogP contribution in [0.2, 0.25) is 15.1 Å². The minimum atomic E-state index is -0.616. The van der Waals surface area contributed by atoms with Gasteiger partial charge in [-0.15, -0.1) is 0 Å². The predicted octanol–water partition coefficient (Wildman–Crippen LogP) is 6.63. The van der Waals surface area contributed by atoms with Crippen molar-refractivity contribution in [3.05, 3.63) is 86.4 Å². The first-order valence-electron chi connectivity index (χ1n) is 8.78. The maximum atomic E-state index is 12.4. The van der Waals surface area contributed by atoms with Gasteiger partial charge in [0, 0.05) is 10.0 Å². The Hall–Kier alpha value is -2.73. The lowest BCUT2D eigenvalue weighted by Crippen LogP contribution is -2.10. The Morgan fingerprint density at radius 1 is 0.967 bits per heavy atom. The molecule has 30 heavy (non-hydrogen) atoms. The van der Waals surface area contributed by atoms with Gasteiger partial charge in [-0.25, -0.2) is 4.79 Å². The van der Waals surface area contributed by atoms with Crippen LogP contribution >= 0.6 is 34.8 Å². The van der Waals surface area contributed by atoms with Gasteiger partial charge in [-0.2, -0.15) is 5.10 Å². The molecular weight excluding hydrogens is 447 g/mol. The van der Waals surface area contributed by atoms with E-state index in [1.165, 1.54) is 19.2 Å². The van der Waals surface area contributed by atoms with Gasteiger partial charge < -0.3 is 9.47 Å². The number of esters is 1. The van der Waals surface area contributed by atoms with Crippen molar-refractivity contribution in [1.82, 2.24) is 0 Å². The van der Waals surface area contributed by atoms with Crippen LogP contribution < -0.4 is 14.9 Å².